The molecule has 0 saturated carbocycles. The summed E-state index contributed by atoms with van der Waals surface area (Å²) in [6.45, 7) is 2.21. The van der Waals surface area contributed by atoms with Crippen molar-refractivity contribution in [2.24, 2.45) is 0 Å². The molecule has 1 amide bonds. The van der Waals surface area contributed by atoms with Crippen molar-refractivity contribution in [2.75, 3.05) is 11.5 Å². The van der Waals surface area contributed by atoms with Crippen molar-refractivity contribution in [1.82, 2.24) is 0 Å². The summed E-state index contributed by atoms with van der Waals surface area (Å²) >= 11 is 9.59. The quantitative estimate of drug-likeness (QED) is 0.254. The second-order valence-electron chi connectivity index (χ2n) is 7.13. The van der Waals surface area contributed by atoms with Gasteiger partial charge in [-0.15, -0.1) is 0 Å². The number of carbonyl (C=O) groups is 2. The van der Waals surface area contributed by atoms with E-state index in [1.807, 2.05) is 37.3 Å². The van der Waals surface area contributed by atoms with Gasteiger partial charge in [-0.2, -0.15) is 0 Å². The van der Waals surface area contributed by atoms with Crippen LogP contribution in [0, 0.1) is 0 Å². The number of aliphatic hydroxyl groups is 1. The van der Waals surface area contributed by atoms with Crippen molar-refractivity contribution in [1.29, 1.82) is 0 Å². The molecule has 162 valence electrons. The highest BCUT2D eigenvalue weighted by molar-refractivity contribution is 9.10. The van der Waals surface area contributed by atoms with E-state index in [2.05, 4.69) is 15.9 Å². The fourth-order valence-electron chi connectivity index (χ4n) is 3.72. The van der Waals surface area contributed by atoms with Crippen LogP contribution < -0.4 is 9.64 Å². The first-order chi connectivity index (χ1) is 15.4. The van der Waals surface area contributed by atoms with Gasteiger partial charge in [0.05, 0.1) is 23.2 Å². The monoisotopic (exact) mass is 511 g/mol. The lowest BCUT2D eigenvalue weighted by atomic mass is 9.95. The zero-order valence-electron chi connectivity index (χ0n) is 17.1. The zero-order chi connectivity index (χ0) is 22.8. The van der Waals surface area contributed by atoms with E-state index in [0.29, 0.717) is 34.2 Å². The van der Waals surface area contributed by atoms with Crippen LogP contribution >= 0.6 is 27.5 Å². The molecule has 3 aromatic rings. The summed E-state index contributed by atoms with van der Waals surface area (Å²) in [7, 11) is 0. The lowest BCUT2D eigenvalue weighted by Crippen LogP contribution is -2.29. The lowest BCUT2D eigenvalue weighted by molar-refractivity contribution is -0.132. The highest BCUT2D eigenvalue weighted by Gasteiger charge is 2.46. The minimum absolute atomic E-state index is 0.00551. The van der Waals surface area contributed by atoms with Crippen LogP contribution in [0.5, 0.6) is 5.75 Å². The van der Waals surface area contributed by atoms with E-state index in [0.717, 1.165) is 4.47 Å². The lowest BCUT2D eigenvalue weighted by Gasteiger charge is -2.25. The van der Waals surface area contributed by atoms with Gasteiger partial charge in [0.2, 0.25) is 0 Å². The Bertz CT molecular complexity index is 1210. The minimum atomic E-state index is -0.795. The third kappa shape index (κ3) is 4.04. The van der Waals surface area contributed by atoms with Crippen LogP contribution in [0.1, 0.15) is 24.1 Å². The molecule has 7 heteroatoms. The molecule has 1 fully saturated rings. The summed E-state index contributed by atoms with van der Waals surface area (Å²) in [6, 6.07) is 20.2. The number of carbonyl (C=O) groups excluding carboxylic acids is 2. The highest BCUT2D eigenvalue weighted by atomic mass is 79.9. The molecule has 32 heavy (non-hydrogen) atoms. The van der Waals surface area contributed by atoms with Crippen molar-refractivity contribution in [3.8, 4) is 5.75 Å². The number of ketones is 1. The number of amides is 1. The van der Waals surface area contributed by atoms with Crippen molar-refractivity contribution in [3.05, 3.63) is 99.0 Å². The fourth-order valence-corrected chi connectivity index (χ4v) is 4.16. The Morgan fingerprint density at radius 2 is 1.75 bits per heavy atom. The van der Waals surface area contributed by atoms with Gasteiger partial charge in [0, 0.05) is 15.7 Å². The van der Waals surface area contributed by atoms with Crippen LogP contribution in [0.3, 0.4) is 0 Å². The van der Waals surface area contributed by atoms with Crippen molar-refractivity contribution in [3.63, 3.8) is 0 Å². The topological polar surface area (TPSA) is 66.8 Å². The first-order valence-corrected chi connectivity index (χ1v) is 11.1. The molecule has 1 aliphatic heterocycles. The Kier molecular flexibility index (Phi) is 6.35. The number of ether oxygens (including phenoxy) is 1. The molecule has 0 aromatic heterocycles. The summed E-state index contributed by atoms with van der Waals surface area (Å²) in [5.41, 5.74) is 1.60. The van der Waals surface area contributed by atoms with Crippen molar-refractivity contribution in [2.45, 2.75) is 13.0 Å². The summed E-state index contributed by atoms with van der Waals surface area (Å²) in [5, 5.41) is 11.6. The van der Waals surface area contributed by atoms with Gasteiger partial charge >= 0.3 is 0 Å². The average molecular weight is 513 g/mol. The molecule has 3 aromatic carbocycles. The fraction of sp³-hybridized carbons (Fsp3) is 0.120. The molecule has 4 rings (SSSR count). The van der Waals surface area contributed by atoms with Gasteiger partial charge in [-0.3, -0.25) is 14.5 Å². The molecule has 5 nitrogen and oxygen atoms in total. The van der Waals surface area contributed by atoms with Crippen LogP contribution in [0.25, 0.3) is 5.76 Å². The molecule has 1 unspecified atom stereocenters. The maximum atomic E-state index is 13.2. The van der Waals surface area contributed by atoms with Gasteiger partial charge < -0.3 is 9.84 Å². The van der Waals surface area contributed by atoms with Crippen LogP contribution in [0.4, 0.5) is 5.69 Å². The van der Waals surface area contributed by atoms with Gasteiger partial charge in [0.15, 0.2) is 0 Å². The van der Waals surface area contributed by atoms with E-state index in [9.17, 15) is 14.7 Å². The number of para-hydroxylation sites is 1. The number of halogens is 2. The molecule has 1 N–H and O–H groups in total. The van der Waals surface area contributed by atoms with Gasteiger partial charge in [-0.1, -0.05) is 57.9 Å². The van der Waals surface area contributed by atoms with Crippen molar-refractivity contribution >= 4 is 50.7 Å². The minimum Gasteiger partial charge on any atom is -0.507 e. The first kappa shape index (κ1) is 22.1. The molecule has 0 radical (unpaired) electrons. The highest BCUT2D eigenvalue weighted by Crippen LogP contribution is 2.42. The van der Waals surface area contributed by atoms with Crippen LogP contribution in [-0.2, 0) is 9.59 Å². The number of anilines is 1. The predicted octanol–water partition coefficient (Wildman–Crippen LogP) is 6.13. The molecular formula is C25H19BrClNO4. The summed E-state index contributed by atoms with van der Waals surface area (Å²) < 4.78 is 6.38. The number of nitrogens with zero attached hydrogens (tertiary/aromatic N) is 1. The van der Waals surface area contributed by atoms with Crippen LogP contribution in [-0.4, -0.2) is 23.4 Å². The summed E-state index contributed by atoms with van der Waals surface area (Å²) in [6.07, 6.45) is 0. The molecule has 0 aliphatic carbocycles. The molecular weight excluding hydrogens is 494 g/mol. The van der Waals surface area contributed by atoms with Gasteiger partial charge in [-0.05, 0) is 55.0 Å². The maximum Gasteiger partial charge on any atom is 0.300 e. The summed E-state index contributed by atoms with van der Waals surface area (Å²) in [4.78, 5) is 27.7. The van der Waals surface area contributed by atoms with E-state index >= 15 is 0 Å². The maximum absolute atomic E-state index is 13.2. The standard InChI is InChI=1S/C25H19BrClNO4/c1-2-32-20-14-16(10-13-19(20)27)23(29)21-22(15-8-11-17(26)12-9-15)28(25(31)24(21)30)18-6-4-3-5-7-18/h3-14,22,29H,2H2,1H3/b23-21-. The van der Waals surface area contributed by atoms with E-state index in [4.69, 9.17) is 16.3 Å². The molecule has 0 spiro atoms. The predicted molar refractivity (Wildman–Crippen MR) is 128 cm³/mol. The molecule has 0 bridgehead atoms. The van der Waals surface area contributed by atoms with E-state index in [-0.39, 0.29) is 11.3 Å². The van der Waals surface area contributed by atoms with E-state index < -0.39 is 17.7 Å². The van der Waals surface area contributed by atoms with Gasteiger partial charge in [-0.25, -0.2) is 0 Å². The number of hydrogen-bond acceptors (Lipinski definition) is 4. The first-order valence-electron chi connectivity index (χ1n) is 9.96. The molecule has 1 atom stereocenters. The second-order valence-corrected chi connectivity index (χ2v) is 8.46. The molecule has 1 heterocycles. The van der Waals surface area contributed by atoms with Crippen LogP contribution in [0.2, 0.25) is 5.02 Å². The normalized spacial score (nSPS) is 17.6. The van der Waals surface area contributed by atoms with E-state index in [1.165, 1.54) is 4.90 Å². The second kappa shape index (κ2) is 9.18. The largest absolute Gasteiger partial charge is 0.507 e. The Balaban J connectivity index is 1.92. The number of rotatable bonds is 5. The van der Waals surface area contributed by atoms with Gasteiger partial charge in [0.25, 0.3) is 11.7 Å². The smallest absolute Gasteiger partial charge is 0.300 e. The summed E-state index contributed by atoms with van der Waals surface area (Å²) in [5.74, 6) is -1.36. The van der Waals surface area contributed by atoms with Gasteiger partial charge in [0.1, 0.15) is 11.5 Å². The number of hydrogen-bond donors (Lipinski definition) is 1. The SMILES string of the molecule is CCOc1cc(/C(O)=C2/C(=O)C(=O)N(c3ccccc3)C2c2ccc(Br)cc2)ccc1Cl. The molecule has 1 saturated heterocycles. The third-order valence-electron chi connectivity index (χ3n) is 5.17. The average Bonchev–Trinajstić information content (AvgIpc) is 3.06. The van der Waals surface area contributed by atoms with Crippen LogP contribution in [0.15, 0.2) is 82.8 Å². The Morgan fingerprint density at radius 3 is 2.41 bits per heavy atom. The number of benzene rings is 3. The van der Waals surface area contributed by atoms with Crippen molar-refractivity contribution < 1.29 is 19.4 Å². The third-order valence-corrected chi connectivity index (χ3v) is 6.01. The number of aliphatic hydroxyl groups excluding tert-OH is 1. The Morgan fingerprint density at radius 1 is 1.06 bits per heavy atom. The Labute approximate surface area is 199 Å². The Hall–Kier alpha value is -3.09. The number of Topliss-reactive ketones (excluding diaryl/α,β-unsaturated/α-hetero) is 1. The molecule has 1 aliphatic rings. The zero-order valence-corrected chi connectivity index (χ0v) is 19.4. The van der Waals surface area contributed by atoms with E-state index in [1.54, 1.807) is 42.5 Å².